The maximum absolute atomic E-state index is 7.77. The minimum atomic E-state index is 0.0251. The van der Waals surface area contributed by atoms with Crippen LogP contribution in [0.2, 0.25) is 0 Å². The molecule has 0 aliphatic rings. The largest absolute Gasteiger partial charge is 0.384 e. The van der Waals surface area contributed by atoms with E-state index in [0.717, 1.165) is 22.0 Å². The van der Waals surface area contributed by atoms with Crippen molar-refractivity contribution in [3.05, 3.63) is 59.8 Å². The summed E-state index contributed by atoms with van der Waals surface area (Å²) in [4.78, 5) is 3.20. The zero-order valence-electron chi connectivity index (χ0n) is 11.3. The molecule has 1 aromatic heterocycles. The highest BCUT2D eigenvalue weighted by molar-refractivity contribution is 6.09. The van der Waals surface area contributed by atoms with Crippen molar-refractivity contribution in [3.8, 4) is 11.1 Å². The number of H-pyrrole nitrogens is 1. The lowest BCUT2D eigenvalue weighted by atomic mass is 9.95. The molecule has 3 rings (SSSR count). The summed E-state index contributed by atoms with van der Waals surface area (Å²) in [7, 11) is 0. The van der Waals surface area contributed by atoms with Crippen LogP contribution < -0.4 is 11.5 Å². The van der Waals surface area contributed by atoms with E-state index in [1.54, 1.807) is 12.1 Å². The molecule has 3 aromatic rings. The van der Waals surface area contributed by atoms with E-state index in [2.05, 4.69) is 4.98 Å². The number of nitrogens with two attached hydrogens (primary N) is 2. The summed E-state index contributed by atoms with van der Waals surface area (Å²) in [5.41, 5.74) is 15.3. The second-order valence-electron chi connectivity index (χ2n) is 4.83. The maximum Gasteiger partial charge on any atom is 0.123 e. The lowest BCUT2D eigenvalue weighted by molar-refractivity contribution is 1.41. The van der Waals surface area contributed by atoms with Crippen LogP contribution >= 0.6 is 0 Å². The van der Waals surface area contributed by atoms with Gasteiger partial charge in [0.1, 0.15) is 11.7 Å². The predicted octanol–water partition coefficient (Wildman–Crippen LogP) is 2.40. The molecule has 0 amide bonds. The van der Waals surface area contributed by atoms with Gasteiger partial charge in [-0.2, -0.15) is 0 Å². The summed E-state index contributed by atoms with van der Waals surface area (Å²) in [6, 6.07) is 13.1. The Morgan fingerprint density at radius 1 is 0.857 bits per heavy atom. The van der Waals surface area contributed by atoms with Gasteiger partial charge in [0.2, 0.25) is 0 Å². The van der Waals surface area contributed by atoms with Crippen LogP contribution in [0.3, 0.4) is 0 Å². The Kier molecular flexibility index (Phi) is 2.95. The molecule has 0 radical (unpaired) electrons. The summed E-state index contributed by atoms with van der Waals surface area (Å²) in [6.45, 7) is 0. The molecular formula is C16H15N5. The monoisotopic (exact) mass is 277 g/mol. The topological polar surface area (TPSA) is 116 Å². The van der Waals surface area contributed by atoms with Gasteiger partial charge in [-0.05, 0) is 17.7 Å². The fraction of sp³-hybridized carbons (Fsp3) is 0. The lowest BCUT2D eigenvalue weighted by Crippen LogP contribution is -2.13. The fourth-order valence-electron chi connectivity index (χ4n) is 2.47. The SMILES string of the molecule is N=C(N)c1ccc(-c2c(C(=N)N)ccc3cc[nH]c23)cc1. The normalized spacial score (nSPS) is 10.7. The number of hydrogen-bond acceptors (Lipinski definition) is 2. The molecule has 21 heavy (non-hydrogen) atoms. The van der Waals surface area contributed by atoms with E-state index >= 15 is 0 Å². The standard InChI is InChI=1S/C16H15N5/c17-15(18)11-3-1-9(2-4-11)13-12(16(19)20)6-5-10-7-8-21-14(10)13/h1-8,21H,(H3,17,18)(H3,19,20). The molecule has 5 nitrogen and oxygen atoms in total. The van der Waals surface area contributed by atoms with Gasteiger partial charge in [0.25, 0.3) is 0 Å². The molecule has 0 bridgehead atoms. The van der Waals surface area contributed by atoms with Gasteiger partial charge < -0.3 is 16.5 Å². The van der Waals surface area contributed by atoms with Gasteiger partial charge in [0, 0.05) is 28.3 Å². The van der Waals surface area contributed by atoms with Gasteiger partial charge in [-0.15, -0.1) is 0 Å². The fourth-order valence-corrected chi connectivity index (χ4v) is 2.47. The summed E-state index contributed by atoms with van der Waals surface area (Å²) < 4.78 is 0. The maximum atomic E-state index is 7.77. The third-order valence-corrected chi connectivity index (χ3v) is 3.50. The van der Waals surface area contributed by atoms with Gasteiger partial charge in [0.15, 0.2) is 0 Å². The first kappa shape index (κ1) is 12.9. The molecule has 0 spiro atoms. The number of nitrogens with one attached hydrogen (secondary N) is 3. The van der Waals surface area contributed by atoms with Crippen LogP contribution in [0.4, 0.5) is 0 Å². The minimum Gasteiger partial charge on any atom is -0.384 e. The Balaban J connectivity index is 2.26. The number of rotatable bonds is 3. The molecule has 0 saturated carbocycles. The van der Waals surface area contributed by atoms with Crippen LogP contribution in [0.25, 0.3) is 22.0 Å². The molecular weight excluding hydrogens is 262 g/mol. The van der Waals surface area contributed by atoms with Crippen LogP contribution in [0.15, 0.2) is 48.7 Å². The van der Waals surface area contributed by atoms with Crippen molar-refractivity contribution in [1.82, 2.24) is 4.98 Å². The molecule has 0 saturated heterocycles. The van der Waals surface area contributed by atoms with Gasteiger partial charge >= 0.3 is 0 Å². The molecule has 0 aliphatic heterocycles. The summed E-state index contributed by atoms with van der Waals surface area (Å²) in [6.07, 6.45) is 1.86. The zero-order valence-corrected chi connectivity index (χ0v) is 11.3. The van der Waals surface area contributed by atoms with Gasteiger partial charge in [0.05, 0.1) is 5.52 Å². The lowest BCUT2D eigenvalue weighted by Gasteiger charge is -2.11. The Bertz CT molecular complexity index is 843. The summed E-state index contributed by atoms with van der Waals surface area (Å²) in [5, 5.41) is 16.3. The van der Waals surface area contributed by atoms with Crippen LogP contribution in [-0.4, -0.2) is 16.7 Å². The number of benzene rings is 2. The van der Waals surface area contributed by atoms with Crippen molar-refractivity contribution in [1.29, 1.82) is 10.8 Å². The molecule has 104 valence electrons. The Hall–Kier alpha value is -3.08. The van der Waals surface area contributed by atoms with E-state index < -0.39 is 0 Å². The summed E-state index contributed by atoms with van der Waals surface area (Å²) in [5.74, 6) is 0.0589. The highest BCUT2D eigenvalue weighted by Crippen LogP contribution is 2.31. The van der Waals surface area contributed by atoms with E-state index in [-0.39, 0.29) is 11.7 Å². The number of fused-ring (bicyclic) bond motifs is 1. The average Bonchev–Trinajstić information content (AvgIpc) is 2.94. The first-order valence-corrected chi connectivity index (χ1v) is 6.47. The minimum absolute atomic E-state index is 0.0251. The smallest absolute Gasteiger partial charge is 0.123 e. The van der Waals surface area contributed by atoms with Gasteiger partial charge in [-0.25, -0.2) is 0 Å². The quantitative estimate of drug-likeness (QED) is 0.373. The van der Waals surface area contributed by atoms with E-state index in [1.165, 1.54) is 0 Å². The molecule has 5 heteroatoms. The Morgan fingerprint density at radius 3 is 2.19 bits per heavy atom. The van der Waals surface area contributed by atoms with E-state index in [9.17, 15) is 0 Å². The van der Waals surface area contributed by atoms with Crippen molar-refractivity contribution in [2.24, 2.45) is 11.5 Å². The van der Waals surface area contributed by atoms with Gasteiger partial charge in [-0.1, -0.05) is 30.3 Å². The highest BCUT2D eigenvalue weighted by atomic mass is 14.7. The van der Waals surface area contributed by atoms with E-state index in [4.69, 9.17) is 22.3 Å². The molecule has 0 unspecified atom stereocenters. The van der Waals surface area contributed by atoms with E-state index in [0.29, 0.717) is 11.1 Å². The van der Waals surface area contributed by atoms with Crippen molar-refractivity contribution < 1.29 is 0 Å². The zero-order chi connectivity index (χ0) is 15.0. The Morgan fingerprint density at radius 2 is 1.57 bits per heavy atom. The highest BCUT2D eigenvalue weighted by Gasteiger charge is 2.13. The van der Waals surface area contributed by atoms with Crippen molar-refractivity contribution in [2.45, 2.75) is 0 Å². The summed E-state index contributed by atoms with van der Waals surface area (Å²) >= 11 is 0. The molecule has 2 aromatic carbocycles. The van der Waals surface area contributed by atoms with Crippen molar-refractivity contribution in [2.75, 3.05) is 0 Å². The average molecular weight is 277 g/mol. The predicted molar refractivity (Wildman–Crippen MR) is 85.8 cm³/mol. The third kappa shape index (κ3) is 2.14. The Labute approximate surface area is 121 Å². The first-order valence-electron chi connectivity index (χ1n) is 6.47. The van der Waals surface area contributed by atoms with Crippen LogP contribution in [0, 0.1) is 10.8 Å². The molecule has 0 fully saturated rings. The van der Waals surface area contributed by atoms with E-state index in [1.807, 2.05) is 36.5 Å². The van der Waals surface area contributed by atoms with Crippen LogP contribution in [-0.2, 0) is 0 Å². The second-order valence-corrected chi connectivity index (χ2v) is 4.83. The number of nitrogen functional groups attached to an aromatic ring is 2. The number of aromatic amines is 1. The molecule has 0 aliphatic carbocycles. The molecule has 0 atom stereocenters. The molecule has 1 heterocycles. The molecule has 7 N–H and O–H groups in total. The van der Waals surface area contributed by atoms with Crippen LogP contribution in [0.1, 0.15) is 11.1 Å². The van der Waals surface area contributed by atoms with Crippen molar-refractivity contribution >= 4 is 22.6 Å². The third-order valence-electron chi connectivity index (χ3n) is 3.50. The number of amidine groups is 2. The van der Waals surface area contributed by atoms with Crippen molar-refractivity contribution in [3.63, 3.8) is 0 Å². The first-order chi connectivity index (χ1) is 10.1. The van der Waals surface area contributed by atoms with Crippen LogP contribution in [0.5, 0.6) is 0 Å². The van der Waals surface area contributed by atoms with Gasteiger partial charge in [-0.3, -0.25) is 10.8 Å². The number of hydrogen-bond donors (Lipinski definition) is 5. The number of aromatic nitrogens is 1. The second kappa shape index (κ2) is 4.79.